The highest BCUT2D eigenvalue weighted by Gasteiger charge is 2.29. The molecule has 0 radical (unpaired) electrons. The predicted octanol–water partition coefficient (Wildman–Crippen LogP) is 3.92. The monoisotopic (exact) mass is 345 g/mol. The minimum absolute atomic E-state index is 0.0950. The number of carbonyl (C=O) groups excluding carboxylic acids is 2. The largest absolute Gasteiger partial charge is 0.340 e. The van der Waals surface area contributed by atoms with E-state index in [2.05, 4.69) is 19.2 Å². The molecule has 1 heterocycles. The van der Waals surface area contributed by atoms with Gasteiger partial charge in [-0.15, -0.1) is 0 Å². The number of anilines is 1. The van der Waals surface area contributed by atoms with Crippen molar-refractivity contribution in [3.8, 4) is 0 Å². The third kappa shape index (κ3) is 5.21. The minimum Gasteiger partial charge on any atom is -0.340 e. The first-order valence-corrected chi connectivity index (χ1v) is 9.14. The van der Waals surface area contributed by atoms with Crippen molar-refractivity contribution >= 4 is 17.6 Å². The molecule has 25 heavy (non-hydrogen) atoms. The van der Waals surface area contributed by atoms with Crippen molar-refractivity contribution in [2.24, 2.45) is 5.41 Å². The van der Waals surface area contributed by atoms with Gasteiger partial charge in [-0.1, -0.05) is 46.8 Å². The second kappa shape index (κ2) is 7.89. The van der Waals surface area contributed by atoms with Crippen LogP contribution in [0.5, 0.6) is 0 Å². The molecule has 138 valence electrons. The van der Waals surface area contributed by atoms with Crippen LogP contribution in [0.3, 0.4) is 0 Å². The van der Waals surface area contributed by atoms with E-state index in [0.717, 1.165) is 12.1 Å². The number of hydrogen-bond acceptors (Lipinski definition) is 2. The average molecular weight is 345 g/mol. The molecular formula is C20H31N3O2. The van der Waals surface area contributed by atoms with E-state index in [-0.39, 0.29) is 17.4 Å². The van der Waals surface area contributed by atoms with Crippen LogP contribution in [0.4, 0.5) is 10.5 Å². The Morgan fingerprint density at radius 1 is 0.960 bits per heavy atom. The number of carbonyl (C=O) groups is 2. The van der Waals surface area contributed by atoms with Gasteiger partial charge < -0.3 is 15.1 Å². The summed E-state index contributed by atoms with van der Waals surface area (Å²) in [5, 5.41) is 2.96. The van der Waals surface area contributed by atoms with Crippen LogP contribution in [0.15, 0.2) is 24.3 Å². The summed E-state index contributed by atoms with van der Waals surface area (Å²) in [7, 11) is 0. The van der Waals surface area contributed by atoms with Gasteiger partial charge in [0.25, 0.3) is 0 Å². The molecule has 0 bridgehead atoms. The van der Waals surface area contributed by atoms with Crippen LogP contribution in [-0.2, 0) is 4.79 Å². The quantitative estimate of drug-likeness (QED) is 0.883. The highest BCUT2D eigenvalue weighted by atomic mass is 16.2. The number of urea groups is 1. The molecule has 0 saturated carbocycles. The highest BCUT2D eigenvalue weighted by Crippen LogP contribution is 2.20. The molecule has 3 amide bonds. The van der Waals surface area contributed by atoms with E-state index in [9.17, 15) is 9.59 Å². The Hall–Kier alpha value is -2.04. The van der Waals surface area contributed by atoms with Gasteiger partial charge in [0.2, 0.25) is 5.91 Å². The van der Waals surface area contributed by atoms with Crippen molar-refractivity contribution in [3.63, 3.8) is 0 Å². The Kier molecular flexibility index (Phi) is 6.09. The van der Waals surface area contributed by atoms with Gasteiger partial charge in [-0.3, -0.25) is 4.79 Å². The Balaban J connectivity index is 1.93. The first-order valence-electron chi connectivity index (χ1n) is 9.14. The molecule has 0 aromatic heterocycles. The molecule has 5 heteroatoms. The molecule has 1 aliphatic rings. The average Bonchev–Trinajstić information content (AvgIpc) is 2.79. The molecule has 0 spiro atoms. The molecule has 1 aliphatic heterocycles. The van der Waals surface area contributed by atoms with Crippen LogP contribution in [-0.4, -0.2) is 47.9 Å². The van der Waals surface area contributed by atoms with E-state index < -0.39 is 0 Å². The minimum atomic E-state index is -0.379. The van der Waals surface area contributed by atoms with Gasteiger partial charge in [0.1, 0.15) is 0 Å². The summed E-state index contributed by atoms with van der Waals surface area (Å²) in [6, 6.07) is 7.89. The maximum Gasteiger partial charge on any atom is 0.321 e. The van der Waals surface area contributed by atoms with Crippen molar-refractivity contribution in [2.45, 2.75) is 47.0 Å². The zero-order chi connectivity index (χ0) is 18.6. The van der Waals surface area contributed by atoms with Crippen molar-refractivity contribution in [2.75, 3.05) is 31.5 Å². The highest BCUT2D eigenvalue weighted by molar-refractivity contribution is 5.89. The summed E-state index contributed by atoms with van der Waals surface area (Å²) in [6.45, 7) is 12.6. The molecule has 1 saturated heterocycles. The predicted molar refractivity (Wildman–Crippen MR) is 102 cm³/mol. The van der Waals surface area contributed by atoms with Gasteiger partial charge in [0.15, 0.2) is 0 Å². The first-order chi connectivity index (χ1) is 11.7. The van der Waals surface area contributed by atoms with Crippen LogP contribution < -0.4 is 5.32 Å². The lowest BCUT2D eigenvalue weighted by molar-refractivity contribution is -0.139. The van der Waals surface area contributed by atoms with Crippen molar-refractivity contribution in [1.82, 2.24) is 9.80 Å². The SMILES string of the molecule is CC(C)c1ccc(NC(=O)N2CCCN(C(=O)C(C)(C)C)CC2)cc1. The van der Waals surface area contributed by atoms with Gasteiger partial charge in [-0.25, -0.2) is 4.79 Å². The molecule has 1 aromatic carbocycles. The second-order valence-electron chi connectivity index (χ2n) is 8.09. The lowest BCUT2D eigenvalue weighted by atomic mass is 9.94. The van der Waals surface area contributed by atoms with E-state index in [1.165, 1.54) is 5.56 Å². The van der Waals surface area contributed by atoms with Crippen molar-refractivity contribution in [1.29, 1.82) is 0 Å². The molecule has 5 nitrogen and oxygen atoms in total. The first kappa shape index (κ1) is 19.3. The smallest absolute Gasteiger partial charge is 0.321 e. The van der Waals surface area contributed by atoms with Crippen LogP contribution in [0, 0.1) is 5.41 Å². The topological polar surface area (TPSA) is 52.7 Å². The van der Waals surface area contributed by atoms with E-state index in [0.29, 0.717) is 32.1 Å². The molecular weight excluding hydrogens is 314 g/mol. The van der Waals surface area contributed by atoms with Gasteiger partial charge in [-0.05, 0) is 30.0 Å². The van der Waals surface area contributed by atoms with Gasteiger partial charge in [-0.2, -0.15) is 0 Å². The summed E-state index contributed by atoms with van der Waals surface area (Å²) in [5.41, 5.74) is 1.68. The van der Waals surface area contributed by atoms with Crippen LogP contribution in [0.1, 0.15) is 52.5 Å². The normalized spacial score (nSPS) is 15.9. The standard InChI is InChI=1S/C20H31N3O2/c1-15(2)16-7-9-17(10-8-16)21-19(25)23-12-6-11-22(13-14-23)18(24)20(3,4)5/h7-10,15H,6,11-14H2,1-5H3,(H,21,25). The van der Waals surface area contributed by atoms with Crippen LogP contribution >= 0.6 is 0 Å². The summed E-state index contributed by atoms with van der Waals surface area (Å²) in [6.07, 6.45) is 0.807. The van der Waals surface area contributed by atoms with E-state index in [1.807, 2.05) is 49.9 Å². The zero-order valence-corrected chi connectivity index (χ0v) is 16.1. The fourth-order valence-corrected chi connectivity index (χ4v) is 2.95. The number of hydrogen-bond donors (Lipinski definition) is 1. The lowest BCUT2D eigenvalue weighted by Crippen LogP contribution is -2.42. The summed E-state index contributed by atoms with van der Waals surface area (Å²) >= 11 is 0. The summed E-state index contributed by atoms with van der Waals surface area (Å²) in [5.74, 6) is 0.626. The fraction of sp³-hybridized carbons (Fsp3) is 0.600. The van der Waals surface area contributed by atoms with Crippen LogP contribution in [0.2, 0.25) is 0 Å². The van der Waals surface area contributed by atoms with Gasteiger partial charge >= 0.3 is 6.03 Å². The van der Waals surface area contributed by atoms with Crippen molar-refractivity contribution in [3.05, 3.63) is 29.8 Å². The third-order valence-electron chi connectivity index (χ3n) is 4.54. The lowest BCUT2D eigenvalue weighted by Gasteiger charge is -2.28. The molecule has 1 fully saturated rings. The maximum absolute atomic E-state index is 12.5. The molecule has 1 N–H and O–H groups in total. The molecule has 0 unspecified atom stereocenters. The van der Waals surface area contributed by atoms with E-state index in [1.54, 1.807) is 4.90 Å². The molecule has 0 aliphatic carbocycles. The zero-order valence-electron chi connectivity index (χ0n) is 16.1. The number of benzene rings is 1. The number of nitrogens with one attached hydrogen (secondary N) is 1. The summed E-state index contributed by atoms with van der Waals surface area (Å²) < 4.78 is 0. The number of rotatable bonds is 2. The second-order valence-corrected chi connectivity index (χ2v) is 8.09. The van der Waals surface area contributed by atoms with E-state index >= 15 is 0 Å². The third-order valence-corrected chi connectivity index (χ3v) is 4.54. The molecule has 0 atom stereocenters. The van der Waals surface area contributed by atoms with Crippen molar-refractivity contribution < 1.29 is 9.59 Å². The Labute approximate surface area is 151 Å². The van der Waals surface area contributed by atoms with Gasteiger partial charge in [0, 0.05) is 37.3 Å². The Bertz CT molecular complexity index is 602. The fourth-order valence-electron chi connectivity index (χ4n) is 2.95. The van der Waals surface area contributed by atoms with Crippen LogP contribution in [0.25, 0.3) is 0 Å². The Morgan fingerprint density at radius 3 is 2.08 bits per heavy atom. The van der Waals surface area contributed by atoms with Gasteiger partial charge in [0.05, 0.1) is 0 Å². The number of amides is 3. The Morgan fingerprint density at radius 2 is 1.52 bits per heavy atom. The molecule has 1 aromatic rings. The number of nitrogens with zero attached hydrogens (tertiary/aromatic N) is 2. The summed E-state index contributed by atoms with van der Waals surface area (Å²) in [4.78, 5) is 28.6. The van der Waals surface area contributed by atoms with E-state index in [4.69, 9.17) is 0 Å². The maximum atomic E-state index is 12.5. The molecule has 2 rings (SSSR count).